The normalized spacial score (nSPS) is 22.3. The Morgan fingerprint density at radius 3 is 2.39 bits per heavy atom. The molecule has 2 nitrogen and oxygen atoms in total. The summed E-state index contributed by atoms with van der Waals surface area (Å²) in [5, 5.41) is 0. The average Bonchev–Trinajstić information content (AvgIpc) is 2.27. The number of hydrogen-bond donors (Lipinski definition) is 0. The zero-order valence-corrected chi connectivity index (χ0v) is 12.2. The fraction of sp³-hybridized carbons (Fsp3) is 0.400. The van der Waals surface area contributed by atoms with Crippen LogP contribution in [-0.2, 0) is 4.79 Å². The van der Waals surface area contributed by atoms with Crippen LogP contribution >= 0.6 is 0 Å². The summed E-state index contributed by atoms with van der Waals surface area (Å²) < 4.78 is 0. The Morgan fingerprint density at radius 2 is 1.67 bits per heavy atom. The predicted molar refractivity (Wildman–Crippen MR) is 79.2 cm³/mol. The molecule has 0 aromatic carbocycles. The number of allylic oxidation sites excluding steroid dienone is 6. The van der Waals surface area contributed by atoms with Crippen LogP contribution in [0.25, 0.3) is 0 Å². The first-order valence-electron chi connectivity index (χ1n) is 6.59. The van der Waals surface area contributed by atoms with Gasteiger partial charge < -0.3 is 4.90 Å². The Hall–Kier alpha value is -1.35. The summed E-state index contributed by atoms with van der Waals surface area (Å²) in [5.41, 5.74) is 0.789. The van der Waals surface area contributed by atoms with Gasteiger partial charge in [0.25, 0.3) is 5.91 Å². The van der Waals surface area contributed by atoms with Gasteiger partial charge in [-0.25, -0.2) is 0 Å². The van der Waals surface area contributed by atoms with E-state index in [1.54, 1.807) is 0 Å². The number of nitrogens with zero attached hydrogens (tertiary/aromatic N) is 1. The molecule has 1 fully saturated rings. The molecule has 0 saturated carbocycles. The average molecular weight is 259 g/mol. The molecule has 1 aliphatic carbocycles. The Bertz CT molecular complexity index is 433. The third-order valence-corrected chi connectivity index (χ3v) is 6.80. The predicted octanol–water partition coefficient (Wildman–Crippen LogP) is 3.15. The van der Waals surface area contributed by atoms with E-state index in [2.05, 4.69) is 13.1 Å². The minimum absolute atomic E-state index is 0.177. The number of hydrogen-bond acceptors (Lipinski definition) is 1. The van der Waals surface area contributed by atoms with Crippen molar-refractivity contribution in [2.24, 2.45) is 0 Å². The summed E-state index contributed by atoms with van der Waals surface area (Å²) in [5.74, 6) is 0.177. The first-order chi connectivity index (χ1) is 8.58. The topological polar surface area (TPSA) is 20.3 Å². The summed E-state index contributed by atoms with van der Waals surface area (Å²) >= 11 is 0. The van der Waals surface area contributed by atoms with E-state index in [0.717, 1.165) is 18.7 Å². The van der Waals surface area contributed by atoms with Gasteiger partial charge >= 0.3 is 0 Å². The molecule has 18 heavy (non-hydrogen) atoms. The monoisotopic (exact) mass is 259 g/mol. The van der Waals surface area contributed by atoms with Crippen molar-refractivity contribution >= 4 is 14.0 Å². The van der Waals surface area contributed by atoms with E-state index >= 15 is 0 Å². The fourth-order valence-electron chi connectivity index (χ4n) is 2.21. The lowest BCUT2D eigenvalue weighted by Gasteiger charge is -2.35. The van der Waals surface area contributed by atoms with E-state index in [1.165, 1.54) is 12.1 Å². The van der Waals surface area contributed by atoms with E-state index in [4.69, 9.17) is 0 Å². The smallest absolute Gasteiger partial charge is 0.253 e. The third-order valence-electron chi connectivity index (χ3n) is 3.65. The quantitative estimate of drug-likeness (QED) is 0.662. The Balaban J connectivity index is 2.04. The first-order valence-corrected chi connectivity index (χ1v) is 10.0. The molecule has 0 radical (unpaired) electrons. The van der Waals surface area contributed by atoms with Crippen LogP contribution in [0.2, 0.25) is 25.2 Å². The van der Waals surface area contributed by atoms with E-state index in [0.29, 0.717) is 0 Å². The maximum atomic E-state index is 12.4. The third kappa shape index (κ3) is 3.32. The van der Waals surface area contributed by atoms with Crippen LogP contribution < -0.4 is 0 Å². The fourth-order valence-corrected chi connectivity index (χ4v) is 4.21. The van der Waals surface area contributed by atoms with Gasteiger partial charge in [-0.3, -0.25) is 4.79 Å². The molecule has 0 bridgehead atoms. The van der Waals surface area contributed by atoms with Crippen molar-refractivity contribution in [1.29, 1.82) is 0 Å². The molecule has 2 aliphatic rings. The molecule has 0 aromatic rings. The molecule has 96 valence electrons. The SMILES string of the molecule is C[Si]1(C)CCN(C(=O)C2=CC=CC=CC=C2)CC1. The molecule has 2 rings (SSSR count). The summed E-state index contributed by atoms with van der Waals surface area (Å²) in [6.45, 7) is 6.69. The second-order valence-electron chi connectivity index (χ2n) is 5.71. The number of carbonyl (C=O) groups excluding carboxylic acids is 1. The Labute approximate surface area is 110 Å². The van der Waals surface area contributed by atoms with E-state index < -0.39 is 8.07 Å². The second-order valence-corrected chi connectivity index (χ2v) is 11.0. The molecule has 1 heterocycles. The lowest BCUT2D eigenvalue weighted by Crippen LogP contribution is -2.45. The van der Waals surface area contributed by atoms with Crippen LogP contribution in [0.15, 0.2) is 48.1 Å². The minimum atomic E-state index is -1.00. The highest BCUT2D eigenvalue weighted by Gasteiger charge is 2.29. The van der Waals surface area contributed by atoms with Gasteiger partial charge in [-0.1, -0.05) is 43.5 Å². The maximum absolute atomic E-state index is 12.4. The first kappa shape index (κ1) is 13.1. The van der Waals surface area contributed by atoms with Crippen molar-refractivity contribution in [3.8, 4) is 0 Å². The highest BCUT2D eigenvalue weighted by Crippen LogP contribution is 2.23. The molecule has 0 unspecified atom stereocenters. The van der Waals surface area contributed by atoms with Crippen LogP contribution in [0, 0.1) is 0 Å². The highest BCUT2D eigenvalue weighted by atomic mass is 28.3. The number of rotatable bonds is 1. The molecule has 0 aromatic heterocycles. The zero-order valence-electron chi connectivity index (χ0n) is 11.2. The molecule has 3 heteroatoms. The van der Waals surface area contributed by atoms with Gasteiger partial charge in [0, 0.05) is 18.7 Å². The van der Waals surface area contributed by atoms with E-state index in [-0.39, 0.29) is 5.91 Å². The molecule has 1 amide bonds. The lowest BCUT2D eigenvalue weighted by molar-refractivity contribution is -0.126. The van der Waals surface area contributed by atoms with Gasteiger partial charge in [0.15, 0.2) is 0 Å². The van der Waals surface area contributed by atoms with Crippen LogP contribution in [0.4, 0.5) is 0 Å². The zero-order chi connectivity index (χ0) is 13.0. The van der Waals surface area contributed by atoms with Crippen molar-refractivity contribution in [3.63, 3.8) is 0 Å². The highest BCUT2D eigenvalue weighted by molar-refractivity contribution is 6.77. The van der Waals surface area contributed by atoms with Crippen LogP contribution in [0.1, 0.15) is 0 Å². The van der Waals surface area contributed by atoms with Gasteiger partial charge in [-0.2, -0.15) is 0 Å². The Morgan fingerprint density at radius 1 is 1.06 bits per heavy atom. The van der Waals surface area contributed by atoms with Gasteiger partial charge in [-0.05, 0) is 24.2 Å². The van der Waals surface area contributed by atoms with E-state index in [1.807, 2.05) is 47.4 Å². The minimum Gasteiger partial charge on any atom is -0.339 e. The van der Waals surface area contributed by atoms with Crippen LogP contribution in [0.5, 0.6) is 0 Å². The molecule has 1 aliphatic heterocycles. The van der Waals surface area contributed by atoms with Crippen molar-refractivity contribution in [3.05, 3.63) is 48.1 Å². The van der Waals surface area contributed by atoms with Crippen molar-refractivity contribution in [1.82, 2.24) is 4.90 Å². The standard InChI is InChI=1S/C15H21NOSi/c1-18(2)12-10-16(11-13-18)15(17)14-8-6-4-3-5-7-9-14/h3-9H,10-13H2,1-2H3. The summed E-state index contributed by atoms with van der Waals surface area (Å²) in [4.78, 5) is 14.4. The van der Waals surface area contributed by atoms with Crippen molar-refractivity contribution in [2.45, 2.75) is 25.2 Å². The molecule has 0 spiro atoms. The lowest BCUT2D eigenvalue weighted by atomic mass is 10.1. The number of carbonyl (C=O) groups is 1. The largest absolute Gasteiger partial charge is 0.339 e. The van der Waals surface area contributed by atoms with Crippen molar-refractivity contribution in [2.75, 3.05) is 13.1 Å². The van der Waals surface area contributed by atoms with E-state index in [9.17, 15) is 4.79 Å². The number of amides is 1. The van der Waals surface area contributed by atoms with Crippen LogP contribution in [-0.4, -0.2) is 32.0 Å². The van der Waals surface area contributed by atoms with Gasteiger partial charge in [0.05, 0.1) is 8.07 Å². The summed E-state index contributed by atoms with van der Waals surface area (Å²) in [7, 11) is -1.00. The van der Waals surface area contributed by atoms with Gasteiger partial charge in [-0.15, -0.1) is 0 Å². The molecule has 1 saturated heterocycles. The maximum Gasteiger partial charge on any atom is 0.253 e. The summed E-state index contributed by atoms with van der Waals surface area (Å²) in [6, 6.07) is 2.46. The molecule has 0 atom stereocenters. The van der Waals surface area contributed by atoms with Gasteiger partial charge in [0.1, 0.15) is 0 Å². The molecule has 0 N–H and O–H groups in total. The van der Waals surface area contributed by atoms with Crippen molar-refractivity contribution < 1.29 is 4.79 Å². The molecular weight excluding hydrogens is 238 g/mol. The second kappa shape index (κ2) is 5.53. The van der Waals surface area contributed by atoms with Gasteiger partial charge in [0.2, 0.25) is 0 Å². The Kier molecular flexibility index (Phi) is 4.02. The van der Waals surface area contributed by atoms with Crippen LogP contribution in [0.3, 0.4) is 0 Å². The summed E-state index contributed by atoms with van der Waals surface area (Å²) in [6.07, 6.45) is 13.5. The molecular formula is C15H21NOSi.